The fourth-order valence-electron chi connectivity index (χ4n) is 5.51. The summed E-state index contributed by atoms with van der Waals surface area (Å²) in [4.78, 5) is 37.1. The lowest BCUT2D eigenvalue weighted by Crippen LogP contribution is -2.54. The Kier molecular flexibility index (Phi) is 6.95. The van der Waals surface area contributed by atoms with Gasteiger partial charge in [-0.1, -0.05) is 60.7 Å². The van der Waals surface area contributed by atoms with Crippen molar-refractivity contribution >= 4 is 17.8 Å². The first-order valence-corrected chi connectivity index (χ1v) is 12.6. The van der Waals surface area contributed by atoms with Gasteiger partial charge in [0, 0.05) is 30.4 Å². The van der Waals surface area contributed by atoms with Crippen molar-refractivity contribution in [2.24, 2.45) is 5.73 Å². The Bertz CT molecular complexity index is 1180. The molecule has 8 nitrogen and oxygen atoms in total. The first-order valence-electron chi connectivity index (χ1n) is 12.6. The van der Waals surface area contributed by atoms with Gasteiger partial charge in [-0.05, 0) is 48.8 Å². The second-order valence-electron chi connectivity index (χ2n) is 9.66. The number of carbonyl (C=O) groups is 2. The highest BCUT2D eigenvalue weighted by molar-refractivity contribution is 5.91. The van der Waals surface area contributed by atoms with E-state index in [9.17, 15) is 9.59 Å². The van der Waals surface area contributed by atoms with Crippen molar-refractivity contribution in [2.75, 3.05) is 12.3 Å². The van der Waals surface area contributed by atoms with E-state index in [1.54, 1.807) is 11.1 Å². The van der Waals surface area contributed by atoms with Crippen LogP contribution in [0.5, 0.6) is 0 Å². The van der Waals surface area contributed by atoms with Gasteiger partial charge in [0.2, 0.25) is 17.8 Å². The number of hydrogen-bond donors (Lipinski definition) is 3. The molecule has 3 atom stereocenters. The number of amides is 2. The third kappa shape index (κ3) is 4.95. The van der Waals surface area contributed by atoms with Crippen LogP contribution in [-0.4, -0.2) is 51.4 Å². The molecule has 1 aliphatic carbocycles. The average molecular weight is 485 g/mol. The van der Waals surface area contributed by atoms with Crippen LogP contribution in [-0.2, 0) is 22.4 Å². The molecule has 3 unspecified atom stereocenters. The van der Waals surface area contributed by atoms with E-state index in [1.165, 1.54) is 0 Å². The van der Waals surface area contributed by atoms with Crippen molar-refractivity contribution < 1.29 is 9.59 Å². The molecule has 1 aromatic heterocycles. The summed E-state index contributed by atoms with van der Waals surface area (Å²) < 4.78 is 0. The van der Waals surface area contributed by atoms with Crippen molar-refractivity contribution in [2.45, 2.75) is 56.1 Å². The molecule has 2 heterocycles. The van der Waals surface area contributed by atoms with Gasteiger partial charge >= 0.3 is 0 Å². The fourth-order valence-corrected chi connectivity index (χ4v) is 5.51. The lowest BCUT2D eigenvalue weighted by atomic mass is 9.84. The van der Waals surface area contributed by atoms with Crippen molar-refractivity contribution in [1.82, 2.24) is 20.2 Å². The van der Waals surface area contributed by atoms with Crippen LogP contribution in [0, 0.1) is 0 Å². The molecule has 1 aliphatic heterocycles. The number of benzene rings is 2. The number of rotatable bonds is 6. The molecule has 3 aromatic rings. The number of carbonyl (C=O) groups excluding carboxylic acids is 2. The number of hydrogen-bond acceptors (Lipinski definition) is 6. The molecule has 2 amide bonds. The van der Waals surface area contributed by atoms with E-state index < -0.39 is 12.1 Å². The standard InChI is InChI=1S/C28H32N6O2/c29-25(24(18-8-3-1-4-9-18)19-10-5-2-6-11-19)27(36)34-15-7-12-23(34)26(35)32-21-13-14-22-20(16-21)17-31-28(30)33-22/h1-6,8-11,17,21,23-25H,7,12-16,29H2,(H,32,35)(H2,30,31,33). The highest BCUT2D eigenvalue weighted by Gasteiger charge is 2.39. The predicted molar refractivity (Wildman–Crippen MR) is 138 cm³/mol. The maximum atomic E-state index is 13.7. The molecular formula is C28H32N6O2. The molecule has 0 bridgehead atoms. The Morgan fingerprint density at radius 3 is 2.33 bits per heavy atom. The number of aryl methyl sites for hydroxylation is 1. The number of nitrogens with two attached hydrogens (primary N) is 2. The van der Waals surface area contributed by atoms with Crippen molar-refractivity contribution in [3.63, 3.8) is 0 Å². The largest absolute Gasteiger partial charge is 0.368 e. The minimum atomic E-state index is -0.799. The molecule has 8 heteroatoms. The zero-order valence-corrected chi connectivity index (χ0v) is 20.2. The molecule has 5 rings (SSSR count). The smallest absolute Gasteiger partial charge is 0.243 e. The molecule has 186 valence electrons. The zero-order chi connectivity index (χ0) is 25.1. The molecule has 1 fully saturated rings. The number of nitrogen functional groups attached to an aromatic ring is 1. The normalized spacial score (nSPS) is 20.1. The fraction of sp³-hybridized carbons (Fsp3) is 0.357. The van der Waals surface area contributed by atoms with E-state index in [0.29, 0.717) is 19.4 Å². The Hall–Kier alpha value is -3.78. The van der Waals surface area contributed by atoms with Crippen molar-refractivity contribution in [3.8, 4) is 0 Å². The van der Waals surface area contributed by atoms with Crippen molar-refractivity contribution in [3.05, 3.63) is 89.2 Å². The summed E-state index contributed by atoms with van der Waals surface area (Å²) in [5.74, 6) is -0.333. The molecule has 0 saturated carbocycles. The van der Waals surface area contributed by atoms with Gasteiger partial charge in [0.1, 0.15) is 6.04 Å². The molecule has 0 spiro atoms. The number of aromatic nitrogens is 2. The molecular weight excluding hydrogens is 452 g/mol. The summed E-state index contributed by atoms with van der Waals surface area (Å²) in [6.45, 7) is 0.529. The van der Waals surface area contributed by atoms with Crippen LogP contribution < -0.4 is 16.8 Å². The van der Waals surface area contributed by atoms with Crippen LogP contribution in [0.2, 0.25) is 0 Å². The SMILES string of the molecule is Nc1ncc2c(n1)CCC(NC(=O)C1CCCN1C(=O)C(N)C(c1ccccc1)c1ccccc1)C2. The summed E-state index contributed by atoms with van der Waals surface area (Å²) in [5.41, 5.74) is 16.3. The van der Waals surface area contributed by atoms with Gasteiger partial charge in [0.15, 0.2) is 0 Å². The predicted octanol–water partition coefficient (Wildman–Crippen LogP) is 2.18. The average Bonchev–Trinajstić information content (AvgIpc) is 3.40. The quantitative estimate of drug-likeness (QED) is 0.492. The third-order valence-corrected chi connectivity index (χ3v) is 7.32. The first-order chi connectivity index (χ1) is 17.5. The minimum Gasteiger partial charge on any atom is -0.368 e. The summed E-state index contributed by atoms with van der Waals surface area (Å²) in [6.07, 6.45) is 5.33. The van der Waals surface area contributed by atoms with Crippen LogP contribution in [0.4, 0.5) is 5.95 Å². The Balaban J connectivity index is 1.30. The molecule has 0 radical (unpaired) electrons. The van der Waals surface area contributed by atoms with Gasteiger partial charge in [0.25, 0.3) is 0 Å². The topological polar surface area (TPSA) is 127 Å². The van der Waals surface area contributed by atoms with E-state index >= 15 is 0 Å². The van der Waals surface area contributed by atoms with E-state index in [0.717, 1.165) is 41.6 Å². The van der Waals surface area contributed by atoms with Gasteiger partial charge in [-0.15, -0.1) is 0 Å². The van der Waals surface area contributed by atoms with E-state index in [2.05, 4.69) is 15.3 Å². The van der Waals surface area contributed by atoms with Crippen molar-refractivity contribution in [1.29, 1.82) is 0 Å². The van der Waals surface area contributed by atoms with Crippen LogP contribution in [0.15, 0.2) is 66.9 Å². The second kappa shape index (κ2) is 10.5. The molecule has 2 aliphatic rings. The number of nitrogens with one attached hydrogen (secondary N) is 1. The lowest BCUT2D eigenvalue weighted by molar-refractivity contribution is -0.140. The van der Waals surface area contributed by atoms with E-state index in [4.69, 9.17) is 11.5 Å². The maximum absolute atomic E-state index is 13.7. The summed E-state index contributed by atoms with van der Waals surface area (Å²) in [5, 5.41) is 3.17. The molecule has 1 saturated heterocycles. The number of likely N-dealkylation sites (tertiary alicyclic amines) is 1. The summed E-state index contributed by atoms with van der Waals surface area (Å²) in [6, 6.07) is 18.4. The van der Waals surface area contributed by atoms with Gasteiger partial charge in [-0.25, -0.2) is 9.97 Å². The lowest BCUT2D eigenvalue weighted by Gasteiger charge is -2.32. The minimum absolute atomic E-state index is 0.0233. The first kappa shape index (κ1) is 23.9. The van der Waals surface area contributed by atoms with Crippen LogP contribution in [0.3, 0.4) is 0 Å². The number of fused-ring (bicyclic) bond motifs is 1. The van der Waals surface area contributed by atoms with Gasteiger partial charge < -0.3 is 21.7 Å². The Morgan fingerprint density at radius 2 is 1.67 bits per heavy atom. The monoisotopic (exact) mass is 484 g/mol. The maximum Gasteiger partial charge on any atom is 0.243 e. The van der Waals surface area contributed by atoms with Gasteiger partial charge in [-0.3, -0.25) is 9.59 Å². The second-order valence-corrected chi connectivity index (χ2v) is 9.66. The summed E-state index contributed by atoms with van der Waals surface area (Å²) >= 11 is 0. The highest BCUT2D eigenvalue weighted by Crippen LogP contribution is 2.30. The zero-order valence-electron chi connectivity index (χ0n) is 20.2. The molecule has 5 N–H and O–H groups in total. The van der Waals surface area contributed by atoms with Crippen LogP contribution in [0.25, 0.3) is 0 Å². The Labute approximate surface area is 211 Å². The van der Waals surface area contributed by atoms with Crippen LogP contribution in [0.1, 0.15) is 47.6 Å². The van der Waals surface area contributed by atoms with E-state index in [1.807, 2.05) is 60.7 Å². The Morgan fingerprint density at radius 1 is 1.00 bits per heavy atom. The van der Waals surface area contributed by atoms with Gasteiger partial charge in [0.05, 0.1) is 6.04 Å². The molecule has 2 aromatic carbocycles. The highest BCUT2D eigenvalue weighted by atomic mass is 16.2. The third-order valence-electron chi connectivity index (χ3n) is 7.32. The number of anilines is 1. The summed E-state index contributed by atoms with van der Waals surface area (Å²) in [7, 11) is 0. The van der Waals surface area contributed by atoms with Gasteiger partial charge in [-0.2, -0.15) is 0 Å². The van der Waals surface area contributed by atoms with E-state index in [-0.39, 0.29) is 29.7 Å². The number of nitrogens with zero attached hydrogens (tertiary/aromatic N) is 3. The van der Waals surface area contributed by atoms with Crippen LogP contribution >= 0.6 is 0 Å². The molecule has 36 heavy (non-hydrogen) atoms.